The van der Waals surface area contributed by atoms with Gasteiger partial charge in [0.1, 0.15) is 17.1 Å². The molecule has 0 saturated heterocycles. The zero-order valence-corrected chi connectivity index (χ0v) is 14.5. The minimum Gasteiger partial charge on any atom is -0.497 e. The molecular weight excluding hydrogens is 318 g/mol. The van der Waals surface area contributed by atoms with Gasteiger partial charge in [-0.1, -0.05) is 18.2 Å². The highest BCUT2D eigenvalue weighted by Gasteiger charge is 2.16. The lowest BCUT2D eigenvalue weighted by Gasteiger charge is -2.17. The molecule has 0 spiro atoms. The second kappa shape index (κ2) is 7.30. The number of hydrogen-bond acceptors (Lipinski definition) is 4. The van der Waals surface area contributed by atoms with Crippen molar-refractivity contribution in [2.24, 2.45) is 0 Å². The number of carbonyl (C=O) groups excluding carboxylic acids is 1. The van der Waals surface area contributed by atoms with Crippen LogP contribution in [0, 0.1) is 0 Å². The molecule has 1 heterocycles. The summed E-state index contributed by atoms with van der Waals surface area (Å²) in [6, 6.07) is 13.1. The monoisotopic (exact) mass is 339 g/mol. The molecule has 0 aliphatic carbocycles. The third kappa shape index (κ3) is 3.60. The summed E-state index contributed by atoms with van der Waals surface area (Å²) in [5, 5.41) is 3.93. The van der Waals surface area contributed by atoms with Crippen molar-refractivity contribution in [1.29, 1.82) is 0 Å². The number of carbonyl (C=O) groups is 1. The van der Waals surface area contributed by atoms with Crippen LogP contribution in [0.2, 0.25) is 0 Å². The maximum absolute atomic E-state index is 12.4. The molecule has 0 aliphatic heterocycles. The number of ether oxygens (including phenoxy) is 2. The first-order chi connectivity index (χ1) is 12.1. The van der Waals surface area contributed by atoms with Crippen molar-refractivity contribution in [3.05, 3.63) is 59.9 Å². The van der Waals surface area contributed by atoms with Crippen LogP contribution in [0.15, 0.2) is 53.1 Å². The molecule has 0 fully saturated rings. The summed E-state index contributed by atoms with van der Waals surface area (Å²) < 4.78 is 16.1. The predicted octanol–water partition coefficient (Wildman–Crippen LogP) is 3.87. The molecule has 5 nitrogen and oxygen atoms in total. The third-order valence-electron chi connectivity index (χ3n) is 4.20. The summed E-state index contributed by atoms with van der Waals surface area (Å²) in [7, 11) is 3.23. The van der Waals surface area contributed by atoms with Gasteiger partial charge in [0.15, 0.2) is 0 Å². The van der Waals surface area contributed by atoms with Gasteiger partial charge in [0, 0.05) is 22.6 Å². The van der Waals surface area contributed by atoms with E-state index < -0.39 is 0 Å². The van der Waals surface area contributed by atoms with Crippen LogP contribution in [-0.4, -0.2) is 20.1 Å². The van der Waals surface area contributed by atoms with Crippen molar-refractivity contribution in [3.8, 4) is 11.5 Å². The Balaban J connectivity index is 1.72. The van der Waals surface area contributed by atoms with Gasteiger partial charge in [0.05, 0.1) is 32.9 Å². The first-order valence-corrected chi connectivity index (χ1v) is 8.08. The third-order valence-corrected chi connectivity index (χ3v) is 4.20. The van der Waals surface area contributed by atoms with Crippen molar-refractivity contribution < 1.29 is 18.7 Å². The first-order valence-electron chi connectivity index (χ1n) is 8.08. The molecular formula is C20H21NO4. The number of nitrogens with one attached hydrogen (secondary N) is 1. The van der Waals surface area contributed by atoms with Crippen molar-refractivity contribution in [3.63, 3.8) is 0 Å². The molecule has 1 aromatic heterocycles. The van der Waals surface area contributed by atoms with E-state index in [-0.39, 0.29) is 18.4 Å². The van der Waals surface area contributed by atoms with Crippen molar-refractivity contribution in [2.45, 2.75) is 19.4 Å². The second-order valence-corrected chi connectivity index (χ2v) is 5.83. The highest BCUT2D eigenvalue weighted by atomic mass is 16.5. The molecule has 2 aromatic carbocycles. The van der Waals surface area contributed by atoms with E-state index in [2.05, 4.69) is 5.32 Å². The maximum atomic E-state index is 12.4. The van der Waals surface area contributed by atoms with Gasteiger partial charge in [0.25, 0.3) is 0 Å². The molecule has 1 amide bonds. The molecule has 0 aliphatic rings. The average molecular weight is 339 g/mol. The fourth-order valence-electron chi connectivity index (χ4n) is 2.89. The number of fused-ring (bicyclic) bond motifs is 1. The van der Waals surface area contributed by atoms with E-state index in [1.807, 2.05) is 49.4 Å². The van der Waals surface area contributed by atoms with Crippen molar-refractivity contribution in [1.82, 2.24) is 5.32 Å². The number of para-hydroxylation sites is 1. The molecule has 25 heavy (non-hydrogen) atoms. The Morgan fingerprint density at radius 2 is 1.96 bits per heavy atom. The highest BCUT2D eigenvalue weighted by Crippen LogP contribution is 2.27. The summed E-state index contributed by atoms with van der Waals surface area (Å²) in [4.78, 5) is 12.4. The number of methoxy groups -OCH3 is 2. The van der Waals surface area contributed by atoms with Gasteiger partial charge in [-0.2, -0.15) is 0 Å². The van der Waals surface area contributed by atoms with E-state index in [1.54, 1.807) is 20.5 Å². The number of furan rings is 1. The van der Waals surface area contributed by atoms with Crippen LogP contribution >= 0.6 is 0 Å². The molecule has 0 saturated carbocycles. The smallest absolute Gasteiger partial charge is 0.225 e. The van der Waals surface area contributed by atoms with Crippen molar-refractivity contribution >= 4 is 16.9 Å². The van der Waals surface area contributed by atoms with Crippen LogP contribution in [0.5, 0.6) is 11.5 Å². The number of benzene rings is 2. The molecule has 1 N–H and O–H groups in total. The lowest BCUT2D eigenvalue weighted by molar-refractivity contribution is -0.121. The summed E-state index contributed by atoms with van der Waals surface area (Å²) >= 11 is 0. The van der Waals surface area contributed by atoms with E-state index in [0.29, 0.717) is 5.58 Å². The molecule has 3 aromatic rings. The van der Waals surface area contributed by atoms with Gasteiger partial charge in [-0.15, -0.1) is 0 Å². The minimum absolute atomic E-state index is 0.0723. The largest absolute Gasteiger partial charge is 0.497 e. The van der Waals surface area contributed by atoms with Crippen LogP contribution in [0.4, 0.5) is 0 Å². The Morgan fingerprint density at radius 3 is 2.72 bits per heavy atom. The highest BCUT2D eigenvalue weighted by molar-refractivity contribution is 5.88. The number of rotatable bonds is 6. The molecule has 130 valence electrons. The Hall–Kier alpha value is -2.95. The second-order valence-electron chi connectivity index (χ2n) is 5.83. The Morgan fingerprint density at radius 1 is 1.16 bits per heavy atom. The molecule has 0 bridgehead atoms. The topological polar surface area (TPSA) is 60.7 Å². The van der Waals surface area contributed by atoms with Crippen LogP contribution in [0.25, 0.3) is 11.0 Å². The molecule has 1 unspecified atom stereocenters. The van der Waals surface area contributed by atoms with E-state index >= 15 is 0 Å². The summed E-state index contributed by atoms with van der Waals surface area (Å²) in [6.45, 7) is 1.94. The first kappa shape index (κ1) is 16.9. The van der Waals surface area contributed by atoms with Crippen LogP contribution < -0.4 is 14.8 Å². The summed E-state index contributed by atoms with van der Waals surface area (Å²) in [5.74, 6) is 1.41. The van der Waals surface area contributed by atoms with E-state index in [1.165, 1.54) is 0 Å². The van der Waals surface area contributed by atoms with Crippen LogP contribution in [0.1, 0.15) is 24.1 Å². The average Bonchev–Trinajstić information content (AvgIpc) is 3.03. The SMILES string of the molecule is COc1ccc2c(CC(=O)NC(C)c3ccccc3OC)coc2c1. The van der Waals surface area contributed by atoms with Gasteiger partial charge in [-0.3, -0.25) is 4.79 Å². The molecule has 0 radical (unpaired) electrons. The minimum atomic E-state index is -0.151. The number of hydrogen-bond donors (Lipinski definition) is 1. The lowest BCUT2D eigenvalue weighted by atomic mass is 10.1. The van der Waals surface area contributed by atoms with Crippen molar-refractivity contribution in [2.75, 3.05) is 14.2 Å². The quantitative estimate of drug-likeness (QED) is 0.740. The predicted molar refractivity (Wildman–Crippen MR) is 96.0 cm³/mol. The fourth-order valence-corrected chi connectivity index (χ4v) is 2.89. The molecule has 1 atom stereocenters. The Bertz CT molecular complexity index is 884. The Kier molecular flexibility index (Phi) is 4.93. The van der Waals surface area contributed by atoms with Gasteiger partial charge in [-0.25, -0.2) is 0 Å². The normalized spacial score (nSPS) is 12.0. The van der Waals surface area contributed by atoms with Gasteiger partial charge < -0.3 is 19.2 Å². The van der Waals surface area contributed by atoms with Crippen LogP contribution in [-0.2, 0) is 11.2 Å². The summed E-state index contributed by atoms with van der Waals surface area (Å²) in [5.41, 5.74) is 2.50. The lowest BCUT2D eigenvalue weighted by Crippen LogP contribution is -2.28. The zero-order valence-electron chi connectivity index (χ0n) is 14.5. The number of amides is 1. The van der Waals surface area contributed by atoms with Gasteiger partial charge >= 0.3 is 0 Å². The molecule has 3 rings (SSSR count). The van der Waals surface area contributed by atoms with Crippen LogP contribution in [0.3, 0.4) is 0 Å². The van der Waals surface area contributed by atoms with E-state index in [9.17, 15) is 4.79 Å². The molecule has 5 heteroatoms. The fraction of sp³-hybridized carbons (Fsp3) is 0.250. The maximum Gasteiger partial charge on any atom is 0.225 e. The zero-order chi connectivity index (χ0) is 17.8. The van der Waals surface area contributed by atoms with E-state index in [4.69, 9.17) is 13.9 Å². The Labute approximate surface area is 146 Å². The summed E-state index contributed by atoms with van der Waals surface area (Å²) in [6.07, 6.45) is 1.87. The van der Waals surface area contributed by atoms with Gasteiger partial charge in [-0.05, 0) is 25.1 Å². The standard InChI is InChI=1S/C20H21NO4/c1-13(16-6-4-5-7-18(16)24-3)21-20(22)10-14-12-25-19-11-15(23-2)8-9-17(14)19/h4-9,11-13H,10H2,1-3H3,(H,21,22). The van der Waals surface area contributed by atoms with Gasteiger partial charge in [0.2, 0.25) is 5.91 Å². The van der Waals surface area contributed by atoms with E-state index in [0.717, 1.165) is 28.0 Å².